The second kappa shape index (κ2) is 6.88. The SMILES string of the molecule is CCC(C)NC(=O)CS(=O)(=O)C(CC)(CC)C(=O)O. The Bertz CT molecular complexity index is 425. The highest BCUT2D eigenvalue weighted by molar-refractivity contribution is 7.94. The average Bonchev–Trinajstić information content (AvgIpc) is 2.29. The van der Waals surface area contributed by atoms with Crippen LogP contribution in [-0.2, 0) is 19.4 Å². The van der Waals surface area contributed by atoms with E-state index in [9.17, 15) is 23.1 Å². The van der Waals surface area contributed by atoms with Crippen LogP contribution < -0.4 is 5.32 Å². The van der Waals surface area contributed by atoms with Gasteiger partial charge in [-0.1, -0.05) is 20.8 Å². The van der Waals surface area contributed by atoms with Gasteiger partial charge < -0.3 is 10.4 Å². The Morgan fingerprint density at radius 2 is 1.68 bits per heavy atom. The highest BCUT2D eigenvalue weighted by Gasteiger charge is 2.48. The number of carbonyl (C=O) groups is 2. The zero-order valence-corrected chi connectivity index (χ0v) is 12.7. The Labute approximate surface area is 114 Å². The Morgan fingerprint density at radius 3 is 2.00 bits per heavy atom. The smallest absolute Gasteiger partial charge is 0.325 e. The molecule has 0 rings (SSSR count). The lowest BCUT2D eigenvalue weighted by Crippen LogP contribution is -2.50. The van der Waals surface area contributed by atoms with Crippen LogP contribution in [0, 0.1) is 0 Å². The summed E-state index contributed by atoms with van der Waals surface area (Å²) in [4.78, 5) is 22.9. The Kier molecular flexibility index (Phi) is 6.48. The number of nitrogens with one attached hydrogen (secondary N) is 1. The third kappa shape index (κ3) is 3.92. The van der Waals surface area contributed by atoms with Crippen molar-refractivity contribution in [2.24, 2.45) is 0 Å². The van der Waals surface area contributed by atoms with Crippen molar-refractivity contribution in [3.63, 3.8) is 0 Å². The molecule has 0 saturated heterocycles. The molecular formula is C12H23NO5S. The van der Waals surface area contributed by atoms with Crippen LogP contribution in [-0.4, -0.2) is 41.9 Å². The van der Waals surface area contributed by atoms with Crippen molar-refractivity contribution in [3.05, 3.63) is 0 Å². The lowest BCUT2D eigenvalue weighted by molar-refractivity contribution is -0.140. The molecule has 0 saturated carbocycles. The molecule has 1 atom stereocenters. The van der Waals surface area contributed by atoms with Gasteiger partial charge in [-0.3, -0.25) is 9.59 Å². The molecular weight excluding hydrogens is 270 g/mol. The molecule has 0 radical (unpaired) electrons. The van der Waals surface area contributed by atoms with E-state index in [2.05, 4.69) is 5.32 Å². The molecule has 6 nitrogen and oxygen atoms in total. The standard InChI is InChI=1S/C12H23NO5S/c1-5-9(4)13-10(14)8-19(17,18)12(6-2,7-3)11(15)16/h9H,5-8H2,1-4H3,(H,13,14)(H,15,16). The highest BCUT2D eigenvalue weighted by Crippen LogP contribution is 2.27. The first kappa shape index (κ1) is 17.9. The molecule has 0 spiro atoms. The van der Waals surface area contributed by atoms with E-state index in [1.54, 1.807) is 6.92 Å². The van der Waals surface area contributed by atoms with E-state index in [1.807, 2.05) is 6.92 Å². The number of hydrogen-bond acceptors (Lipinski definition) is 4. The maximum atomic E-state index is 12.2. The van der Waals surface area contributed by atoms with E-state index in [0.717, 1.165) is 0 Å². The van der Waals surface area contributed by atoms with E-state index < -0.39 is 32.2 Å². The molecule has 0 bridgehead atoms. The van der Waals surface area contributed by atoms with Crippen LogP contribution >= 0.6 is 0 Å². The van der Waals surface area contributed by atoms with Crippen molar-refractivity contribution in [2.45, 2.75) is 57.7 Å². The quantitative estimate of drug-likeness (QED) is 0.694. The normalized spacial score (nSPS) is 13.9. The van der Waals surface area contributed by atoms with Gasteiger partial charge in [0.25, 0.3) is 0 Å². The summed E-state index contributed by atoms with van der Waals surface area (Å²) < 4.78 is 22.5. The molecule has 1 unspecified atom stereocenters. The van der Waals surface area contributed by atoms with Gasteiger partial charge in [0.15, 0.2) is 14.6 Å². The van der Waals surface area contributed by atoms with Crippen molar-refractivity contribution < 1.29 is 23.1 Å². The van der Waals surface area contributed by atoms with Gasteiger partial charge in [0.05, 0.1) is 0 Å². The Morgan fingerprint density at radius 1 is 1.21 bits per heavy atom. The molecule has 0 heterocycles. The second-order valence-electron chi connectivity index (χ2n) is 4.64. The lowest BCUT2D eigenvalue weighted by atomic mass is 10.0. The van der Waals surface area contributed by atoms with Crippen molar-refractivity contribution in [2.75, 3.05) is 5.75 Å². The van der Waals surface area contributed by atoms with Crippen LogP contribution in [0.25, 0.3) is 0 Å². The maximum Gasteiger partial charge on any atom is 0.325 e. The van der Waals surface area contributed by atoms with Gasteiger partial charge in [-0.05, 0) is 26.2 Å². The van der Waals surface area contributed by atoms with Crippen molar-refractivity contribution in [1.82, 2.24) is 5.32 Å². The first-order valence-corrected chi connectivity index (χ1v) is 8.07. The van der Waals surface area contributed by atoms with Gasteiger partial charge in [-0.15, -0.1) is 0 Å². The van der Waals surface area contributed by atoms with Gasteiger partial charge in [-0.25, -0.2) is 8.42 Å². The topological polar surface area (TPSA) is 101 Å². The third-order valence-corrected chi connectivity index (χ3v) is 6.05. The number of aliphatic carboxylic acids is 1. The number of carbonyl (C=O) groups excluding carboxylic acids is 1. The summed E-state index contributed by atoms with van der Waals surface area (Å²) in [5.41, 5.74) is 0. The fourth-order valence-corrected chi connectivity index (χ4v) is 3.71. The molecule has 0 aliphatic carbocycles. The largest absolute Gasteiger partial charge is 0.480 e. The van der Waals surface area contributed by atoms with Gasteiger partial charge in [0.1, 0.15) is 5.75 Å². The van der Waals surface area contributed by atoms with Crippen molar-refractivity contribution in [3.8, 4) is 0 Å². The van der Waals surface area contributed by atoms with Crippen LogP contribution in [0.5, 0.6) is 0 Å². The number of carboxylic acids is 1. The molecule has 1 amide bonds. The van der Waals surface area contributed by atoms with E-state index in [0.29, 0.717) is 6.42 Å². The highest BCUT2D eigenvalue weighted by atomic mass is 32.2. The monoisotopic (exact) mass is 293 g/mol. The number of sulfone groups is 1. The van der Waals surface area contributed by atoms with Crippen LogP contribution in [0.2, 0.25) is 0 Å². The summed E-state index contributed by atoms with van der Waals surface area (Å²) in [6.07, 6.45) is 0.562. The molecule has 0 aliphatic rings. The summed E-state index contributed by atoms with van der Waals surface area (Å²) in [7, 11) is -4.05. The summed E-state index contributed by atoms with van der Waals surface area (Å²) in [6, 6.07) is -0.134. The predicted octanol–water partition coefficient (Wildman–Crippen LogP) is 0.959. The first-order valence-electron chi connectivity index (χ1n) is 6.41. The van der Waals surface area contributed by atoms with Gasteiger partial charge in [0, 0.05) is 6.04 Å². The predicted molar refractivity (Wildman–Crippen MR) is 72.6 cm³/mol. The van der Waals surface area contributed by atoms with E-state index >= 15 is 0 Å². The maximum absolute atomic E-state index is 12.2. The number of carboxylic acid groups (broad SMARTS) is 1. The van der Waals surface area contributed by atoms with Gasteiger partial charge in [0.2, 0.25) is 5.91 Å². The molecule has 0 aliphatic heterocycles. The van der Waals surface area contributed by atoms with E-state index in [1.165, 1.54) is 13.8 Å². The molecule has 0 fully saturated rings. The fraction of sp³-hybridized carbons (Fsp3) is 0.833. The number of rotatable bonds is 8. The van der Waals surface area contributed by atoms with Crippen LogP contribution in [0.1, 0.15) is 47.0 Å². The number of amides is 1. The molecule has 19 heavy (non-hydrogen) atoms. The molecule has 112 valence electrons. The molecule has 0 aromatic heterocycles. The van der Waals surface area contributed by atoms with Crippen LogP contribution in [0.15, 0.2) is 0 Å². The fourth-order valence-electron chi connectivity index (χ4n) is 1.85. The molecule has 0 aromatic rings. The lowest BCUT2D eigenvalue weighted by Gasteiger charge is -2.26. The van der Waals surface area contributed by atoms with Crippen molar-refractivity contribution >= 4 is 21.7 Å². The zero-order valence-electron chi connectivity index (χ0n) is 11.9. The zero-order chi connectivity index (χ0) is 15.3. The molecule has 0 aromatic carbocycles. The minimum atomic E-state index is -4.05. The first-order chi connectivity index (χ1) is 8.66. The summed E-state index contributed by atoms with van der Waals surface area (Å²) >= 11 is 0. The summed E-state index contributed by atoms with van der Waals surface area (Å²) in [6.45, 7) is 6.62. The van der Waals surface area contributed by atoms with Crippen LogP contribution in [0.3, 0.4) is 0 Å². The van der Waals surface area contributed by atoms with Gasteiger partial charge >= 0.3 is 5.97 Å². The molecule has 2 N–H and O–H groups in total. The Balaban J connectivity index is 5.16. The van der Waals surface area contributed by atoms with Crippen molar-refractivity contribution in [1.29, 1.82) is 0 Å². The molecule has 7 heteroatoms. The van der Waals surface area contributed by atoms with E-state index in [4.69, 9.17) is 0 Å². The third-order valence-electron chi connectivity index (χ3n) is 3.47. The Hall–Kier alpha value is -1.11. The number of hydrogen-bond donors (Lipinski definition) is 2. The summed E-state index contributed by atoms with van der Waals surface area (Å²) in [5, 5.41) is 11.7. The minimum Gasteiger partial charge on any atom is -0.480 e. The van der Waals surface area contributed by atoms with Gasteiger partial charge in [-0.2, -0.15) is 0 Å². The average molecular weight is 293 g/mol. The van der Waals surface area contributed by atoms with E-state index in [-0.39, 0.29) is 18.9 Å². The summed E-state index contributed by atoms with van der Waals surface area (Å²) in [5.74, 6) is -2.83. The minimum absolute atomic E-state index is 0.0578. The second-order valence-corrected chi connectivity index (χ2v) is 6.94. The van der Waals surface area contributed by atoms with Crippen LogP contribution in [0.4, 0.5) is 0 Å².